The average Bonchev–Trinajstić information content (AvgIpc) is 2.39. The van der Waals surface area contributed by atoms with Crippen LogP contribution >= 0.6 is 11.6 Å². The maximum absolute atomic E-state index is 13.6. The zero-order valence-corrected chi connectivity index (χ0v) is 10.5. The highest BCUT2D eigenvalue weighted by atomic mass is 35.5. The summed E-state index contributed by atoms with van der Waals surface area (Å²) in [7, 11) is 0. The molecule has 0 saturated carbocycles. The number of rotatable bonds is 4. The Labute approximate surface area is 110 Å². The van der Waals surface area contributed by atoms with E-state index in [1.165, 1.54) is 6.07 Å². The van der Waals surface area contributed by atoms with E-state index in [4.69, 9.17) is 22.1 Å². The van der Waals surface area contributed by atoms with Gasteiger partial charge >= 0.3 is 0 Å². The molecule has 4 heteroatoms. The van der Waals surface area contributed by atoms with Gasteiger partial charge in [0.15, 0.2) is 11.6 Å². The Kier molecular flexibility index (Phi) is 4.18. The van der Waals surface area contributed by atoms with Crippen LogP contribution < -0.4 is 10.5 Å². The maximum Gasteiger partial charge on any atom is 0.165 e. The molecular weight excluding hydrogens is 253 g/mol. The van der Waals surface area contributed by atoms with Crippen molar-refractivity contribution in [1.29, 1.82) is 0 Å². The maximum atomic E-state index is 13.6. The summed E-state index contributed by atoms with van der Waals surface area (Å²) >= 11 is 5.99. The molecule has 0 saturated heterocycles. The SMILES string of the molecule is NCc1ccc(OCc2ccccc2Cl)c(F)c1. The molecule has 0 aliphatic carbocycles. The van der Waals surface area contributed by atoms with E-state index in [2.05, 4.69) is 0 Å². The molecule has 2 rings (SSSR count). The van der Waals surface area contributed by atoms with Crippen LogP contribution in [0.25, 0.3) is 0 Å². The molecule has 2 aromatic rings. The van der Waals surface area contributed by atoms with E-state index in [1.54, 1.807) is 18.2 Å². The van der Waals surface area contributed by atoms with Crippen LogP contribution in [0.1, 0.15) is 11.1 Å². The minimum Gasteiger partial charge on any atom is -0.486 e. The predicted octanol–water partition coefficient (Wildman–Crippen LogP) is 3.52. The second kappa shape index (κ2) is 5.85. The molecule has 2 N–H and O–H groups in total. The van der Waals surface area contributed by atoms with Crippen LogP contribution in [0.2, 0.25) is 5.02 Å². The van der Waals surface area contributed by atoms with Gasteiger partial charge in [0, 0.05) is 17.1 Å². The van der Waals surface area contributed by atoms with Crippen LogP contribution in [0.4, 0.5) is 4.39 Å². The first-order valence-corrected chi connectivity index (χ1v) is 5.93. The van der Waals surface area contributed by atoms with Gasteiger partial charge < -0.3 is 10.5 Å². The molecule has 2 nitrogen and oxygen atoms in total. The molecule has 0 aliphatic heterocycles. The number of nitrogens with two attached hydrogens (primary N) is 1. The zero-order chi connectivity index (χ0) is 13.0. The first-order valence-electron chi connectivity index (χ1n) is 5.55. The Morgan fingerprint density at radius 1 is 1.17 bits per heavy atom. The quantitative estimate of drug-likeness (QED) is 0.918. The first kappa shape index (κ1) is 12.9. The fourth-order valence-electron chi connectivity index (χ4n) is 1.56. The molecule has 2 aromatic carbocycles. The van der Waals surface area contributed by atoms with E-state index < -0.39 is 5.82 Å². The molecular formula is C14H13ClFNO. The van der Waals surface area contributed by atoms with Gasteiger partial charge in [-0.1, -0.05) is 35.9 Å². The van der Waals surface area contributed by atoms with E-state index in [0.29, 0.717) is 11.6 Å². The number of ether oxygens (including phenoxy) is 1. The molecule has 94 valence electrons. The van der Waals surface area contributed by atoms with Crippen LogP contribution in [0.3, 0.4) is 0 Å². The molecule has 0 heterocycles. The fourth-order valence-corrected chi connectivity index (χ4v) is 1.75. The third-order valence-electron chi connectivity index (χ3n) is 2.57. The standard InChI is InChI=1S/C14H13ClFNO/c15-12-4-2-1-3-11(12)9-18-14-6-5-10(8-17)7-13(14)16/h1-7H,8-9,17H2. The molecule has 0 atom stereocenters. The van der Waals surface area contributed by atoms with Crippen LogP contribution in [0.15, 0.2) is 42.5 Å². The average molecular weight is 266 g/mol. The highest BCUT2D eigenvalue weighted by Gasteiger charge is 2.06. The Bertz CT molecular complexity index is 545. The lowest BCUT2D eigenvalue weighted by atomic mass is 10.2. The third-order valence-corrected chi connectivity index (χ3v) is 2.94. The minimum absolute atomic E-state index is 0.201. The summed E-state index contributed by atoms with van der Waals surface area (Å²) in [5, 5.41) is 0.608. The van der Waals surface area contributed by atoms with Crippen LogP contribution in [-0.2, 0) is 13.2 Å². The van der Waals surface area contributed by atoms with Crippen molar-refractivity contribution in [3.8, 4) is 5.75 Å². The second-order valence-electron chi connectivity index (χ2n) is 3.85. The fraction of sp³-hybridized carbons (Fsp3) is 0.143. The monoisotopic (exact) mass is 265 g/mol. The number of hydrogen-bond donors (Lipinski definition) is 1. The van der Waals surface area contributed by atoms with Crippen LogP contribution in [0, 0.1) is 5.82 Å². The van der Waals surface area contributed by atoms with Gasteiger partial charge in [-0.25, -0.2) is 4.39 Å². The molecule has 0 bridgehead atoms. The molecule has 0 radical (unpaired) electrons. The summed E-state index contributed by atoms with van der Waals surface area (Å²) in [6.07, 6.45) is 0. The predicted molar refractivity (Wildman–Crippen MR) is 70.1 cm³/mol. The van der Waals surface area contributed by atoms with Gasteiger partial charge in [-0.3, -0.25) is 0 Å². The van der Waals surface area contributed by atoms with E-state index in [1.807, 2.05) is 18.2 Å². The molecule has 18 heavy (non-hydrogen) atoms. The zero-order valence-electron chi connectivity index (χ0n) is 9.70. The number of benzene rings is 2. The van der Waals surface area contributed by atoms with Crippen molar-refractivity contribution in [3.05, 3.63) is 64.4 Å². The van der Waals surface area contributed by atoms with Crippen molar-refractivity contribution in [2.24, 2.45) is 5.73 Å². The molecule has 0 aromatic heterocycles. The first-order chi connectivity index (χ1) is 8.70. The van der Waals surface area contributed by atoms with E-state index in [9.17, 15) is 4.39 Å². The molecule has 0 aliphatic rings. The summed E-state index contributed by atoms with van der Waals surface area (Å²) < 4.78 is 19.0. The Balaban J connectivity index is 2.09. The summed E-state index contributed by atoms with van der Waals surface area (Å²) in [6, 6.07) is 12.0. The topological polar surface area (TPSA) is 35.2 Å². The van der Waals surface area contributed by atoms with Gasteiger partial charge in [-0.05, 0) is 23.8 Å². The van der Waals surface area contributed by atoms with E-state index in [-0.39, 0.29) is 12.4 Å². The summed E-state index contributed by atoms with van der Waals surface area (Å²) in [5.41, 5.74) is 6.98. The molecule has 0 spiro atoms. The number of hydrogen-bond acceptors (Lipinski definition) is 2. The lowest BCUT2D eigenvalue weighted by Gasteiger charge is -2.09. The van der Waals surface area contributed by atoms with Crippen molar-refractivity contribution in [3.63, 3.8) is 0 Å². The molecule has 0 unspecified atom stereocenters. The normalized spacial score (nSPS) is 10.4. The lowest BCUT2D eigenvalue weighted by Crippen LogP contribution is -2.00. The van der Waals surface area contributed by atoms with Crippen molar-refractivity contribution in [1.82, 2.24) is 0 Å². The van der Waals surface area contributed by atoms with E-state index in [0.717, 1.165) is 11.1 Å². The van der Waals surface area contributed by atoms with Crippen molar-refractivity contribution < 1.29 is 9.13 Å². The second-order valence-corrected chi connectivity index (χ2v) is 4.26. The van der Waals surface area contributed by atoms with Crippen molar-refractivity contribution >= 4 is 11.6 Å². The minimum atomic E-state index is -0.412. The van der Waals surface area contributed by atoms with Gasteiger partial charge in [-0.2, -0.15) is 0 Å². The Hall–Kier alpha value is -1.58. The highest BCUT2D eigenvalue weighted by Crippen LogP contribution is 2.21. The van der Waals surface area contributed by atoms with Crippen molar-refractivity contribution in [2.45, 2.75) is 13.2 Å². The van der Waals surface area contributed by atoms with Gasteiger partial charge in [0.1, 0.15) is 6.61 Å². The Morgan fingerprint density at radius 3 is 2.61 bits per heavy atom. The van der Waals surface area contributed by atoms with Gasteiger partial charge in [0.25, 0.3) is 0 Å². The largest absolute Gasteiger partial charge is 0.486 e. The lowest BCUT2D eigenvalue weighted by molar-refractivity contribution is 0.290. The smallest absolute Gasteiger partial charge is 0.165 e. The van der Waals surface area contributed by atoms with E-state index >= 15 is 0 Å². The van der Waals surface area contributed by atoms with Gasteiger partial charge in [0.2, 0.25) is 0 Å². The summed E-state index contributed by atoms with van der Waals surface area (Å²) in [4.78, 5) is 0. The van der Waals surface area contributed by atoms with Gasteiger partial charge in [-0.15, -0.1) is 0 Å². The third kappa shape index (κ3) is 3.00. The van der Waals surface area contributed by atoms with Crippen LogP contribution in [0.5, 0.6) is 5.75 Å². The molecule has 0 fully saturated rings. The number of halogens is 2. The van der Waals surface area contributed by atoms with Crippen molar-refractivity contribution in [2.75, 3.05) is 0 Å². The molecule has 0 amide bonds. The summed E-state index contributed by atoms with van der Waals surface area (Å²) in [5.74, 6) is -0.211. The van der Waals surface area contributed by atoms with Crippen LogP contribution in [-0.4, -0.2) is 0 Å². The van der Waals surface area contributed by atoms with Gasteiger partial charge in [0.05, 0.1) is 0 Å². The Morgan fingerprint density at radius 2 is 1.94 bits per heavy atom. The highest BCUT2D eigenvalue weighted by molar-refractivity contribution is 6.31. The summed E-state index contributed by atoms with van der Waals surface area (Å²) in [6.45, 7) is 0.542.